The molecule has 1 aromatic rings. The van der Waals surface area contributed by atoms with Crippen molar-refractivity contribution in [2.24, 2.45) is 0 Å². The lowest BCUT2D eigenvalue weighted by Gasteiger charge is -2.20. The molecule has 1 heterocycles. The lowest BCUT2D eigenvalue weighted by Crippen LogP contribution is -2.30. The maximum atomic E-state index is 6.43. The highest BCUT2D eigenvalue weighted by Crippen LogP contribution is 2.21. The van der Waals surface area contributed by atoms with E-state index in [1.165, 1.54) is 115 Å². The lowest BCUT2D eigenvalue weighted by molar-refractivity contribution is -0.0481. The number of unbranched alkanes of at least 4 members (excludes halogenated alkanes) is 14. The van der Waals surface area contributed by atoms with Crippen LogP contribution < -0.4 is 0 Å². The first kappa shape index (κ1) is 34.8. The number of benzene rings is 1. The van der Waals surface area contributed by atoms with Gasteiger partial charge in [0.15, 0.2) is 0 Å². The number of rotatable bonds is 26. The Bertz CT molecular complexity index is 731. The number of allylic oxidation sites excluding steroid dienone is 4. The Kier molecular flexibility index (Phi) is 22.0. The molecule has 2 rings (SSSR count). The van der Waals surface area contributed by atoms with E-state index in [0.29, 0.717) is 0 Å². The van der Waals surface area contributed by atoms with E-state index in [1.807, 2.05) is 0 Å². The van der Waals surface area contributed by atoms with Crippen LogP contribution in [0.5, 0.6) is 0 Å². The van der Waals surface area contributed by atoms with Crippen molar-refractivity contribution in [1.29, 1.82) is 0 Å². The molecule has 1 saturated heterocycles. The van der Waals surface area contributed by atoms with Crippen LogP contribution in [0, 0.1) is 0 Å². The Morgan fingerprint density at radius 2 is 1.07 bits per heavy atom. The third-order valence-electron chi connectivity index (χ3n) is 8.05. The van der Waals surface area contributed by atoms with Crippen LogP contribution in [0.1, 0.15) is 135 Å². The fourth-order valence-corrected chi connectivity index (χ4v) is 5.55. The van der Waals surface area contributed by atoms with Gasteiger partial charge < -0.3 is 9.47 Å². The number of hydrogen-bond donors (Lipinski definition) is 0. The summed E-state index contributed by atoms with van der Waals surface area (Å²) in [5, 5.41) is 0. The van der Waals surface area contributed by atoms with Crippen molar-refractivity contribution in [3.8, 4) is 0 Å². The average molecular weight is 554 g/mol. The summed E-state index contributed by atoms with van der Waals surface area (Å²) >= 11 is 0. The summed E-state index contributed by atoms with van der Waals surface area (Å²) in [5.41, 5.74) is 1.38. The predicted octanol–water partition coefficient (Wildman–Crippen LogP) is 10.4. The summed E-state index contributed by atoms with van der Waals surface area (Å²) in [7, 11) is 0. The van der Waals surface area contributed by atoms with Crippen LogP contribution in [0.25, 0.3) is 0 Å². The molecule has 0 radical (unpaired) electrons. The van der Waals surface area contributed by atoms with E-state index >= 15 is 0 Å². The monoisotopic (exact) mass is 553 g/mol. The SMILES string of the molecule is CCCCCC=CCC=CCCCCCCCCOC1CN(Cc2ccccc2)CC1OCCCCCCCC. The topological polar surface area (TPSA) is 21.7 Å². The molecule has 1 aromatic carbocycles. The molecule has 40 heavy (non-hydrogen) atoms. The van der Waals surface area contributed by atoms with Gasteiger partial charge in [-0.05, 0) is 50.5 Å². The van der Waals surface area contributed by atoms with Crippen molar-refractivity contribution in [2.45, 2.75) is 148 Å². The predicted molar refractivity (Wildman–Crippen MR) is 174 cm³/mol. The molecule has 0 aliphatic carbocycles. The first-order chi connectivity index (χ1) is 19.8. The molecule has 0 spiro atoms. The molecule has 0 saturated carbocycles. The zero-order valence-electron chi connectivity index (χ0n) is 26.4. The highest BCUT2D eigenvalue weighted by molar-refractivity contribution is 5.14. The molecule has 1 aliphatic heterocycles. The molecular formula is C37H63NO2. The second kappa shape index (κ2) is 25.3. The van der Waals surface area contributed by atoms with Gasteiger partial charge in [0.2, 0.25) is 0 Å². The number of nitrogens with zero attached hydrogens (tertiary/aromatic N) is 1. The van der Waals surface area contributed by atoms with Gasteiger partial charge in [-0.15, -0.1) is 0 Å². The van der Waals surface area contributed by atoms with Crippen LogP contribution in [0.2, 0.25) is 0 Å². The highest BCUT2D eigenvalue weighted by Gasteiger charge is 2.34. The molecule has 0 amide bonds. The molecule has 1 fully saturated rings. The third-order valence-corrected chi connectivity index (χ3v) is 8.05. The standard InChI is InChI=1S/C37H63NO2/c1-3-5-7-9-11-12-13-14-15-16-17-18-19-20-22-27-31-40-37-34-38(32-35-28-24-23-25-29-35)33-36(37)39-30-26-21-10-8-6-4-2/h11-12,14-15,23-25,28-29,36-37H,3-10,13,16-22,26-27,30-34H2,1-2H3. The van der Waals surface area contributed by atoms with Crippen LogP contribution in [0.3, 0.4) is 0 Å². The van der Waals surface area contributed by atoms with Crippen molar-refractivity contribution < 1.29 is 9.47 Å². The molecular weight excluding hydrogens is 490 g/mol. The minimum atomic E-state index is 0.210. The van der Waals surface area contributed by atoms with Gasteiger partial charge in [0.25, 0.3) is 0 Å². The zero-order chi connectivity index (χ0) is 28.4. The van der Waals surface area contributed by atoms with Crippen LogP contribution in [0.15, 0.2) is 54.6 Å². The summed E-state index contributed by atoms with van der Waals surface area (Å²) < 4.78 is 12.8. The average Bonchev–Trinajstić information content (AvgIpc) is 3.35. The summed E-state index contributed by atoms with van der Waals surface area (Å²) in [5.74, 6) is 0. The Morgan fingerprint density at radius 3 is 1.65 bits per heavy atom. The number of ether oxygens (including phenoxy) is 2. The molecule has 1 aliphatic rings. The summed E-state index contributed by atoms with van der Waals surface area (Å²) in [6, 6.07) is 10.8. The Labute approximate surface area is 248 Å². The largest absolute Gasteiger partial charge is 0.374 e. The van der Waals surface area contributed by atoms with E-state index in [2.05, 4.69) is 73.4 Å². The third kappa shape index (κ3) is 18.1. The van der Waals surface area contributed by atoms with Crippen LogP contribution >= 0.6 is 0 Å². The van der Waals surface area contributed by atoms with Crippen molar-refractivity contribution in [1.82, 2.24) is 4.90 Å². The quantitative estimate of drug-likeness (QED) is 0.0841. The van der Waals surface area contributed by atoms with Gasteiger partial charge in [-0.25, -0.2) is 0 Å². The van der Waals surface area contributed by atoms with E-state index < -0.39 is 0 Å². The molecule has 3 heteroatoms. The summed E-state index contributed by atoms with van der Waals surface area (Å²) in [4.78, 5) is 2.52. The van der Waals surface area contributed by atoms with Crippen molar-refractivity contribution >= 4 is 0 Å². The minimum Gasteiger partial charge on any atom is -0.374 e. The van der Waals surface area contributed by atoms with Gasteiger partial charge in [0.1, 0.15) is 0 Å². The summed E-state index contributed by atoms with van der Waals surface area (Å²) in [6.45, 7) is 9.25. The molecule has 228 valence electrons. The fourth-order valence-electron chi connectivity index (χ4n) is 5.55. The Morgan fingerprint density at radius 1 is 0.600 bits per heavy atom. The van der Waals surface area contributed by atoms with Gasteiger partial charge in [-0.1, -0.05) is 139 Å². The smallest absolute Gasteiger partial charge is 0.0975 e. The maximum absolute atomic E-state index is 6.43. The molecule has 0 N–H and O–H groups in total. The van der Waals surface area contributed by atoms with Gasteiger partial charge in [0, 0.05) is 32.8 Å². The molecule has 0 aromatic heterocycles. The Hall–Kier alpha value is -1.42. The van der Waals surface area contributed by atoms with E-state index in [0.717, 1.165) is 39.3 Å². The Balaban J connectivity index is 1.53. The van der Waals surface area contributed by atoms with E-state index in [9.17, 15) is 0 Å². The van der Waals surface area contributed by atoms with Gasteiger partial charge in [-0.2, -0.15) is 0 Å². The fraction of sp³-hybridized carbons (Fsp3) is 0.730. The second-order valence-corrected chi connectivity index (χ2v) is 11.9. The zero-order valence-corrected chi connectivity index (χ0v) is 26.4. The first-order valence-electron chi connectivity index (χ1n) is 17.1. The first-order valence-corrected chi connectivity index (χ1v) is 17.1. The number of hydrogen-bond acceptors (Lipinski definition) is 3. The minimum absolute atomic E-state index is 0.210. The van der Waals surface area contributed by atoms with Gasteiger partial charge in [0.05, 0.1) is 12.2 Å². The molecule has 2 unspecified atom stereocenters. The van der Waals surface area contributed by atoms with Crippen LogP contribution in [0.4, 0.5) is 0 Å². The second-order valence-electron chi connectivity index (χ2n) is 11.9. The van der Waals surface area contributed by atoms with Gasteiger partial charge in [-0.3, -0.25) is 4.90 Å². The van der Waals surface area contributed by atoms with Crippen molar-refractivity contribution in [2.75, 3.05) is 26.3 Å². The van der Waals surface area contributed by atoms with Crippen LogP contribution in [-0.4, -0.2) is 43.4 Å². The van der Waals surface area contributed by atoms with Crippen LogP contribution in [-0.2, 0) is 16.0 Å². The van der Waals surface area contributed by atoms with E-state index in [-0.39, 0.29) is 12.2 Å². The molecule has 3 nitrogen and oxygen atoms in total. The van der Waals surface area contributed by atoms with Gasteiger partial charge >= 0.3 is 0 Å². The lowest BCUT2D eigenvalue weighted by atomic mass is 10.1. The highest BCUT2D eigenvalue weighted by atomic mass is 16.5. The maximum Gasteiger partial charge on any atom is 0.0975 e. The molecule has 2 atom stereocenters. The number of likely N-dealkylation sites (tertiary alicyclic amines) is 1. The van der Waals surface area contributed by atoms with Crippen molar-refractivity contribution in [3.63, 3.8) is 0 Å². The van der Waals surface area contributed by atoms with Crippen molar-refractivity contribution in [3.05, 3.63) is 60.2 Å². The van der Waals surface area contributed by atoms with E-state index in [1.54, 1.807) is 0 Å². The van der Waals surface area contributed by atoms with E-state index in [4.69, 9.17) is 9.47 Å². The summed E-state index contributed by atoms with van der Waals surface area (Å²) in [6.07, 6.45) is 33.0. The molecule has 0 bridgehead atoms. The normalized spacial score (nSPS) is 18.1.